The highest BCUT2D eigenvalue weighted by Gasteiger charge is 2.30. The van der Waals surface area contributed by atoms with Crippen LogP contribution in [0.1, 0.15) is 48.6 Å². The van der Waals surface area contributed by atoms with Gasteiger partial charge in [-0.2, -0.15) is 0 Å². The molecule has 1 unspecified atom stereocenters. The predicted octanol–water partition coefficient (Wildman–Crippen LogP) is 4.85. The maximum Gasteiger partial charge on any atom is 0.160 e. The molecule has 156 valence electrons. The fourth-order valence-electron chi connectivity index (χ4n) is 4.81. The van der Waals surface area contributed by atoms with Crippen LogP contribution in [-0.2, 0) is 0 Å². The molecule has 2 aromatic carbocycles. The average Bonchev–Trinajstić information content (AvgIpc) is 2.77. The maximum atomic E-state index is 13.3. The summed E-state index contributed by atoms with van der Waals surface area (Å²) in [4.78, 5) is 0. The van der Waals surface area contributed by atoms with Crippen LogP contribution in [0.2, 0.25) is 0 Å². The zero-order valence-corrected chi connectivity index (χ0v) is 17.4. The van der Waals surface area contributed by atoms with E-state index in [4.69, 9.17) is 14.2 Å². The second-order valence-corrected chi connectivity index (χ2v) is 8.28. The Kier molecular flexibility index (Phi) is 5.97. The summed E-state index contributed by atoms with van der Waals surface area (Å²) in [6.07, 6.45) is 3.78. The van der Waals surface area contributed by atoms with Crippen LogP contribution in [0.5, 0.6) is 17.2 Å². The van der Waals surface area contributed by atoms with Crippen LogP contribution in [0, 0.1) is 5.21 Å². The fraction of sp³-hybridized carbons (Fsp3) is 0.500. The Morgan fingerprint density at radius 3 is 2.52 bits per heavy atom. The number of methoxy groups -OCH3 is 2. The molecular weight excluding hydrogens is 366 g/mol. The lowest BCUT2D eigenvalue weighted by atomic mass is 9.87. The summed E-state index contributed by atoms with van der Waals surface area (Å²) in [5.41, 5.74) is 2.51. The van der Waals surface area contributed by atoms with Crippen molar-refractivity contribution in [1.82, 2.24) is 0 Å². The third-order valence-corrected chi connectivity index (χ3v) is 6.62. The molecule has 0 amide bonds. The molecule has 5 heteroatoms. The van der Waals surface area contributed by atoms with Crippen molar-refractivity contribution in [2.24, 2.45) is 0 Å². The first kappa shape index (κ1) is 20.0. The van der Waals surface area contributed by atoms with Gasteiger partial charge in [-0.15, -0.1) is 0 Å². The van der Waals surface area contributed by atoms with Gasteiger partial charge in [-0.3, -0.25) is 0 Å². The number of nitrogens with zero attached hydrogens (tertiary/aromatic N) is 1. The smallest absolute Gasteiger partial charge is 0.160 e. The zero-order chi connectivity index (χ0) is 20.3. The SMILES string of the molecule is COc1ccc(C2CC[N+]([O-])(CCC3CCOc4ccccc43)CC2)cc1OC. The number of hydrogen-bond acceptors (Lipinski definition) is 4. The lowest BCUT2D eigenvalue weighted by Crippen LogP contribution is -2.48. The molecule has 2 aliphatic heterocycles. The highest BCUT2D eigenvalue weighted by Crippen LogP contribution is 2.39. The van der Waals surface area contributed by atoms with Crippen LogP contribution in [0.4, 0.5) is 0 Å². The standard InChI is InChI=1S/C24H31NO4/c1-27-23-8-7-20(17-24(23)28-2)18-9-13-25(26,14-10-18)15-11-19-12-16-29-22-6-4-3-5-21(19)22/h3-8,17-19H,9-16H2,1-2H3. The van der Waals surface area contributed by atoms with Crippen LogP contribution in [0.15, 0.2) is 42.5 Å². The maximum absolute atomic E-state index is 13.3. The number of rotatable bonds is 6. The second-order valence-electron chi connectivity index (χ2n) is 8.28. The van der Waals surface area contributed by atoms with Gasteiger partial charge in [-0.25, -0.2) is 0 Å². The Morgan fingerprint density at radius 1 is 1.00 bits per heavy atom. The minimum Gasteiger partial charge on any atom is -0.633 e. The van der Waals surface area contributed by atoms with Crippen LogP contribution in [0.25, 0.3) is 0 Å². The molecule has 0 N–H and O–H groups in total. The van der Waals surface area contributed by atoms with Crippen molar-refractivity contribution >= 4 is 0 Å². The number of para-hydroxylation sites is 1. The molecule has 0 saturated carbocycles. The van der Waals surface area contributed by atoms with Crippen molar-refractivity contribution in [2.45, 2.75) is 37.5 Å². The van der Waals surface area contributed by atoms with Gasteiger partial charge in [0.1, 0.15) is 5.75 Å². The Balaban J connectivity index is 1.36. The van der Waals surface area contributed by atoms with Gasteiger partial charge in [-0.1, -0.05) is 24.3 Å². The molecule has 0 bridgehead atoms. The first-order valence-corrected chi connectivity index (χ1v) is 10.6. The number of piperidine rings is 1. The molecular formula is C24H31NO4. The molecule has 0 spiro atoms. The summed E-state index contributed by atoms with van der Waals surface area (Å²) >= 11 is 0. The summed E-state index contributed by atoms with van der Waals surface area (Å²) in [6, 6.07) is 14.4. The number of benzene rings is 2. The van der Waals surface area contributed by atoms with E-state index < -0.39 is 0 Å². The largest absolute Gasteiger partial charge is 0.633 e. The van der Waals surface area contributed by atoms with Gasteiger partial charge in [0, 0.05) is 19.3 Å². The normalized spacial score (nSPS) is 26.3. The Bertz CT molecular complexity index is 829. The zero-order valence-electron chi connectivity index (χ0n) is 17.4. The van der Waals surface area contributed by atoms with E-state index in [1.54, 1.807) is 14.2 Å². The average molecular weight is 398 g/mol. The molecule has 0 aromatic heterocycles. The highest BCUT2D eigenvalue weighted by molar-refractivity contribution is 5.44. The minimum absolute atomic E-state index is 0.0662. The van der Waals surface area contributed by atoms with E-state index in [1.807, 2.05) is 18.2 Å². The molecule has 1 saturated heterocycles. The summed E-state index contributed by atoms with van der Waals surface area (Å²) in [5, 5.41) is 13.3. The predicted molar refractivity (Wildman–Crippen MR) is 114 cm³/mol. The molecule has 5 nitrogen and oxygen atoms in total. The van der Waals surface area contributed by atoms with Crippen molar-refractivity contribution in [3.63, 3.8) is 0 Å². The van der Waals surface area contributed by atoms with E-state index >= 15 is 0 Å². The van der Waals surface area contributed by atoms with Gasteiger partial charge in [-0.05, 0) is 47.6 Å². The van der Waals surface area contributed by atoms with Crippen LogP contribution in [-0.4, -0.2) is 45.1 Å². The number of hydrogen-bond donors (Lipinski definition) is 0. The van der Waals surface area contributed by atoms with Gasteiger partial charge < -0.3 is 24.1 Å². The topological polar surface area (TPSA) is 50.8 Å². The van der Waals surface area contributed by atoms with Crippen molar-refractivity contribution in [1.29, 1.82) is 0 Å². The van der Waals surface area contributed by atoms with E-state index in [0.717, 1.165) is 49.5 Å². The third-order valence-electron chi connectivity index (χ3n) is 6.62. The Morgan fingerprint density at radius 2 is 1.76 bits per heavy atom. The fourth-order valence-corrected chi connectivity index (χ4v) is 4.81. The van der Waals surface area contributed by atoms with Gasteiger partial charge in [0.2, 0.25) is 0 Å². The molecule has 2 aliphatic rings. The van der Waals surface area contributed by atoms with Crippen LogP contribution in [0.3, 0.4) is 0 Å². The number of quaternary nitrogens is 1. The van der Waals surface area contributed by atoms with Crippen molar-refractivity contribution in [3.05, 3.63) is 58.8 Å². The molecule has 2 heterocycles. The Labute approximate surface area is 173 Å². The van der Waals surface area contributed by atoms with E-state index in [2.05, 4.69) is 24.3 Å². The monoisotopic (exact) mass is 397 g/mol. The Hall–Kier alpha value is -2.24. The van der Waals surface area contributed by atoms with Gasteiger partial charge in [0.15, 0.2) is 11.5 Å². The molecule has 0 aliphatic carbocycles. The molecule has 0 radical (unpaired) electrons. The van der Waals surface area contributed by atoms with E-state index in [9.17, 15) is 5.21 Å². The lowest BCUT2D eigenvalue weighted by Gasteiger charge is -2.48. The van der Waals surface area contributed by atoms with E-state index in [-0.39, 0.29) is 4.65 Å². The van der Waals surface area contributed by atoms with Crippen molar-refractivity contribution in [3.8, 4) is 17.2 Å². The summed E-state index contributed by atoms with van der Waals surface area (Å²) < 4.78 is 16.5. The molecule has 1 atom stereocenters. The van der Waals surface area contributed by atoms with Gasteiger partial charge >= 0.3 is 0 Å². The quantitative estimate of drug-likeness (QED) is 0.516. The highest BCUT2D eigenvalue weighted by atomic mass is 16.5. The molecule has 29 heavy (non-hydrogen) atoms. The number of fused-ring (bicyclic) bond motifs is 1. The number of likely N-dealkylation sites (tertiary alicyclic amines) is 1. The lowest BCUT2D eigenvalue weighted by molar-refractivity contribution is -0.886. The van der Waals surface area contributed by atoms with Crippen molar-refractivity contribution < 1.29 is 18.9 Å². The minimum atomic E-state index is -0.0662. The number of hydroxylamine groups is 3. The first-order chi connectivity index (χ1) is 14.1. The summed E-state index contributed by atoms with van der Waals surface area (Å²) in [7, 11) is 3.31. The van der Waals surface area contributed by atoms with Crippen LogP contribution >= 0.6 is 0 Å². The second kappa shape index (κ2) is 8.64. The van der Waals surface area contributed by atoms with Gasteiger partial charge in [0.05, 0.1) is 40.5 Å². The summed E-state index contributed by atoms with van der Waals surface area (Å²) in [5.74, 6) is 3.36. The van der Waals surface area contributed by atoms with E-state index in [0.29, 0.717) is 31.5 Å². The van der Waals surface area contributed by atoms with Gasteiger partial charge in [0.25, 0.3) is 0 Å². The van der Waals surface area contributed by atoms with Crippen molar-refractivity contribution in [2.75, 3.05) is 40.5 Å². The number of ether oxygens (including phenoxy) is 3. The van der Waals surface area contributed by atoms with E-state index in [1.165, 1.54) is 11.1 Å². The van der Waals surface area contributed by atoms with Crippen LogP contribution < -0.4 is 14.2 Å². The first-order valence-electron chi connectivity index (χ1n) is 10.6. The molecule has 4 rings (SSSR count). The molecule has 2 aromatic rings. The third kappa shape index (κ3) is 4.36. The molecule has 1 fully saturated rings. The summed E-state index contributed by atoms with van der Waals surface area (Å²) in [6.45, 7) is 2.81.